The third kappa shape index (κ3) is 5.61. The molecule has 3 nitrogen and oxygen atoms in total. The van der Waals surface area contributed by atoms with E-state index in [4.69, 9.17) is 11.6 Å². The molecule has 0 radical (unpaired) electrons. The van der Waals surface area contributed by atoms with Gasteiger partial charge in [-0.25, -0.2) is 0 Å². The monoisotopic (exact) mass is 372 g/mol. The van der Waals surface area contributed by atoms with Crippen molar-refractivity contribution >= 4 is 33.4 Å². The summed E-state index contributed by atoms with van der Waals surface area (Å²) < 4.78 is 0.821. The van der Waals surface area contributed by atoms with Crippen molar-refractivity contribution in [2.75, 3.05) is 26.2 Å². The Morgan fingerprint density at radius 1 is 1.33 bits per heavy atom. The maximum Gasteiger partial charge on any atom is 0.251 e. The Morgan fingerprint density at radius 3 is 2.71 bits per heavy atom. The Kier molecular flexibility index (Phi) is 6.52. The lowest BCUT2D eigenvalue weighted by molar-refractivity contribution is 0.0942. The molecular formula is C16H22BrClN2O. The molecule has 1 N–H and O–H groups in total. The van der Waals surface area contributed by atoms with Crippen LogP contribution in [0, 0.1) is 5.92 Å². The van der Waals surface area contributed by atoms with Crippen molar-refractivity contribution in [1.29, 1.82) is 0 Å². The number of nitrogens with zero attached hydrogens (tertiary/aromatic N) is 1. The SMILES string of the molecule is CC(CNC(=O)c1cc(Cl)cc(Br)c1)CN1CCCCC1. The van der Waals surface area contributed by atoms with E-state index in [-0.39, 0.29) is 5.91 Å². The van der Waals surface area contributed by atoms with Crippen LogP contribution in [0.5, 0.6) is 0 Å². The molecule has 1 amide bonds. The highest BCUT2D eigenvalue weighted by Gasteiger charge is 2.14. The summed E-state index contributed by atoms with van der Waals surface area (Å²) in [5.41, 5.74) is 0.597. The molecule has 1 unspecified atom stereocenters. The van der Waals surface area contributed by atoms with Crippen LogP contribution in [0.4, 0.5) is 0 Å². The molecule has 1 aliphatic rings. The summed E-state index contributed by atoms with van der Waals surface area (Å²) in [6, 6.07) is 5.25. The second kappa shape index (κ2) is 8.16. The largest absolute Gasteiger partial charge is 0.352 e. The van der Waals surface area contributed by atoms with Gasteiger partial charge >= 0.3 is 0 Å². The smallest absolute Gasteiger partial charge is 0.251 e. The Hall–Kier alpha value is -0.580. The average Bonchev–Trinajstić information content (AvgIpc) is 2.45. The summed E-state index contributed by atoms with van der Waals surface area (Å²) in [7, 11) is 0. The van der Waals surface area contributed by atoms with Gasteiger partial charge < -0.3 is 10.2 Å². The van der Waals surface area contributed by atoms with E-state index in [1.807, 2.05) is 0 Å². The topological polar surface area (TPSA) is 32.3 Å². The standard InChI is InChI=1S/C16H22BrClN2O/c1-12(11-20-5-3-2-4-6-20)10-19-16(21)13-7-14(17)9-15(18)8-13/h7-9,12H,2-6,10-11H2,1H3,(H,19,21). The van der Waals surface area contributed by atoms with Gasteiger partial charge in [-0.15, -0.1) is 0 Å². The van der Waals surface area contributed by atoms with Gasteiger partial charge in [-0.1, -0.05) is 40.9 Å². The van der Waals surface area contributed by atoms with Gasteiger partial charge in [0.1, 0.15) is 0 Å². The van der Waals surface area contributed by atoms with Crippen molar-refractivity contribution in [2.24, 2.45) is 5.92 Å². The molecule has 5 heteroatoms. The third-order valence-electron chi connectivity index (χ3n) is 3.75. The zero-order valence-electron chi connectivity index (χ0n) is 12.4. The van der Waals surface area contributed by atoms with Crippen molar-refractivity contribution < 1.29 is 4.79 Å². The van der Waals surface area contributed by atoms with E-state index >= 15 is 0 Å². The number of carbonyl (C=O) groups excluding carboxylic acids is 1. The lowest BCUT2D eigenvalue weighted by Gasteiger charge is -2.29. The van der Waals surface area contributed by atoms with Gasteiger partial charge in [0, 0.05) is 28.1 Å². The average molecular weight is 374 g/mol. The van der Waals surface area contributed by atoms with Crippen LogP contribution in [0.2, 0.25) is 5.02 Å². The first-order valence-electron chi connectivity index (χ1n) is 7.51. The van der Waals surface area contributed by atoms with Gasteiger partial charge in [0.25, 0.3) is 5.91 Å². The molecule has 1 atom stereocenters. The summed E-state index contributed by atoms with van der Waals surface area (Å²) in [4.78, 5) is 14.6. The summed E-state index contributed by atoms with van der Waals surface area (Å²) >= 11 is 9.33. The summed E-state index contributed by atoms with van der Waals surface area (Å²) in [5, 5.41) is 3.56. The maximum atomic E-state index is 12.1. The minimum absolute atomic E-state index is 0.0660. The van der Waals surface area contributed by atoms with Gasteiger partial charge in [-0.2, -0.15) is 0 Å². The van der Waals surface area contributed by atoms with E-state index in [2.05, 4.69) is 33.1 Å². The Morgan fingerprint density at radius 2 is 2.05 bits per heavy atom. The minimum Gasteiger partial charge on any atom is -0.352 e. The van der Waals surface area contributed by atoms with E-state index in [9.17, 15) is 4.79 Å². The maximum absolute atomic E-state index is 12.1. The molecule has 2 rings (SSSR count). The fraction of sp³-hybridized carbons (Fsp3) is 0.562. The zero-order chi connectivity index (χ0) is 15.2. The molecule has 1 aromatic carbocycles. The van der Waals surface area contributed by atoms with Crippen molar-refractivity contribution in [3.05, 3.63) is 33.3 Å². The van der Waals surface area contributed by atoms with Gasteiger partial charge in [-0.3, -0.25) is 4.79 Å². The molecule has 1 aliphatic heterocycles. The molecular weight excluding hydrogens is 352 g/mol. The van der Waals surface area contributed by atoms with Gasteiger partial charge in [0.2, 0.25) is 0 Å². The number of carbonyl (C=O) groups is 1. The van der Waals surface area contributed by atoms with E-state index in [0.717, 1.165) is 11.0 Å². The van der Waals surface area contributed by atoms with Crippen LogP contribution in [0.3, 0.4) is 0 Å². The third-order valence-corrected chi connectivity index (χ3v) is 4.43. The quantitative estimate of drug-likeness (QED) is 0.847. The first-order valence-corrected chi connectivity index (χ1v) is 8.68. The van der Waals surface area contributed by atoms with Crippen LogP contribution in [0.15, 0.2) is 22.7 Å². The highest BCUT2D eigenvalue weighted by molar-refractivity contribution is 9.10. The zero-order valence-corrected chi connectivity index (χ0v) is 14.7. The van der Waals surface area contributed by atoms with Crippen molar-refractivity contribution in [2.45, 2.75) is 26.2 Å². The van der Waals surface area contributed by atoms with E-state index in [0.29, 0.717) is 23.0 Å². The number of nitrogens with one attached hydrogen (secondary N) is 1. The van der Waals surface area contributed by atoms with Crippen molar-refractivity contribution in [3.63, 3.8) is 0 Å². The number of benzene rings is 1. The van der Waals surface area contributed by atoms with Crippen LogP contribution < -0.4 is 5.32 Å². The Labute approximate surface area is 140 Å². The lowest BCUT2D eigenvalue weighted by atomic mass is 10.1. The van der Waals surface area contributed by atoms with Gasteiger partial charge in [0.05, 0.1) is 0 Å². The second-order valence-corrected chi connectivity index (χ2v) is 7.19. The highest BCUT2D eigenvalue weighted by Crippen LogP contribution is 2.19. The summed E-state index contributed by atoms with van der Waals surface area (Å²) in [6.45, 7) is 6.32. The number of halogens is 2. The summed E-state index contributed by atoms with van der Waals surface area (Å²) in [5.74, 6) is 0.387. The molecule has 1 aromatic rings. The Balaban J connectivity index is 1.79. The molecule has 1 fully saturated rings. The lowest BCUT2D eigenvalue weighted by Crippen LogP contribution is -2.38. The molecule has 1 saturated heterocycles. The van der Waals surface area contributed by atoms with Crippen molar-refractivity contribution in [1.82, 2.24) is 10.2 Å². The second-order valence-electron chi connectivity index (χ2n) is 5.83. The first kappa shape index (κ1) is 16.8. The number of likely N-dealkylation sites (tertiary alicyclic amines) is 1. The molecule has 0 aliphatic carbocycles. The van der Waals surface area contributed by atoms with E-state index in [1.165, 1.54) is 32.4 Å². The van der Waals surface area contributed by atoms with Crippen molar-refractivity contribution in [3.8, 4) is 0 Å². The molecule has 0 saturated carbocycles. The van der Waals surface area contributed by atoms with Crippen LogP contribution in [-0.2, 0) is 0 Å². The predicted molar refractivity (Wildman–Crippen MR) is 90.9 cm³/mol. The fourth-order valence-corrected chi connectivity index (χ4v) is 3.56. The minimum atomic E-state index is -0.0660. The number of hydrogen-bond acceptors (Lipinski definition) is 2. The summed E-state index contributed by atoms with van der Waals surface area (Å²) in [6.07, 6.45) is 3.95. The number of piperidine rings is 1. The normalized spacial score (nSPS) is 17.5. The predicted octanol–water partition coefficient (Wildman–Crippen LogP) is 3.95. The van der Waals surface area contributed by atoms with Crippen LogP contribution in [0.25, 0.3) is 0 Å². The van der Waals surface area contributed by atoms with Crippen LogP contribution in [0.1, 0.15) is 36.5 Å². The van der Waals surface area contributed by atoms with Gasteiger partial charge in [-0.05, 0) is 50.0 Å². The molecule has 0 spiro atoms. The molecule has 1 heterocycles. The Bertz CT molecular complexity index is 469. The molecule has 0 bridgehead atoms. The fourth-order valence-electron chi connectivity index (χ4n) is 2.70. The molecule has 21 heavy (non-hydrogen) atoms. The van der Waals surface area contributed by atoms with Gasteiger partial charge in [0.15, 0.2) is 0 Å². The van der Waals surface area contributed by atoms with E-state index < -0.39 is 0 Å². The number of hydrogen-bond donors (Lipinski definition) is 1. The molecule has 0 aromatic heterocycles. The first-order chi connectivity index (χ1) is 10.0. The van der Waals surface area contributed by atoms with Crippen LogP contribution in [-0.4, -0.2) is 37.0 Å². The van der Waals surface area contributed by atoms with Crippen LogP contribution >= 0.6 is 27.5 Å². The molecule has 116 valence electrons. The number of rotatable bonds is 5. The highest BCUT2D eigenvalue weighted by atomic mass is 79.9. The van der Waals surface area contributed by atoms with E-state index in [1.54, 1.807) is 18.2 Å². The number of amides is 1.